The first-order chi connectivity index (χ1) is 23.9. The Labute approximate surface area is 292 Å². The van der Waals surface area contributed by atoms with Crippen LogP contribution in [-0.2, 0) is 25.3 Å². The fourth-order valence-corrected chi connectivity index (χ4v) is 6.19. The minimum absolute atomic E-state index is 0.0264. The van der Waals surface area contributed by atoms with E-state index in [1.807, 2.05) is 6.08 Å². The molecule has 7 rings (SSSR count). The van der Waals surface area contributed by atoms with Gasteiger partial charge < -0.3 is 25.6 Å². The smallest absolute Gasteiger partial charge is 0.251 e. The molecule has 13 heteroatoms. The Morgan fingerprint density at radius 1 is 1.16 bits per heavy atom. The van der Waals surface area contributed by atoms with E-state index in [9.17, 15) is 19.1 Å². The summed E-state index contributed by atoms with van der Waals surface area (Å²) in [5.74, 6) is 4.13. The Bertz CT molecular complexity index is 1980. The summed E-state index contributed by atoms with van der Waals surface area (Å²) in [6.45, 7) is 0.969. The molecule has 2 aliphatic carbocycles. The number of allylic oxidation sites excluding steroid dienone is 2. The Morgan fingerprint density at radius 3 is 2.58 bits per heavy atom. The minimum atomic E-state index is -2.04. The Hall–Kier alpha value is -4.78. The fraction of sp³-hybridized carbons (Fsp3) is 0.324. The molecule has 0 unspecified atom stereocenters. The molecular weight excluding hydrogens is 668 g/mol. The van der Waals surface area contributed by atoms with Gasteiger partial charge in [0.25, 0.3) is 5.91 Å². The number of halogens is 3. The molecule has 50 heavy (non-hydrogen) atoms. The van der Waals surface area contributed by atoms with Crippen LogP contribution in [0, 0.1) is 17.6 Å². The van der Waals surface area contributed by atoms with E-state index in [1.54, 1.807) is 49.4 Å². The predicted octanol–water partition coefficient (Wildman–Crippen LogP) is 4.99. The number of nitrogens with two attached hydrogens (primary N) is 2. The van der Waals surface area contributed by atoms with Gasteiger partial charge in [0.2, 0.25) is 11.8 Å². The number of ether oxygens (including phenoxy) is 2. The maximum absolute atomic E-state index is 15.4. The van der Waals surface area contributed by atoms with E-state index in [0.717, 1.165) is 38.2 Å². The predicted molar refractivity (Wildman–Crippen MR) is 181 cm³/mol. The summed E-state index contributed by atoms with van der Waals surface area (Å²) in [6, 6.07) is 11.6. The quantitative estimate of drug-likeness (QED) is 0.161. The standard InChI is InChI=1S/C37H36ClF2N5O5/c1-36(35(41)47)19-49-33-26(36)16-30(44-32(33)25-15-27(38)29(40)17-28(25)39)37(48,22-5-3-2-4-6-22)18-43-34(46)21-13-23(10-9-20-7-8-20)45(42)31(14-21)50-24-11-12-24/h2-6,10,13-17,20,24,48H,7-9,11-12,18-19,42H2,1H3,(H2,41,47)(H,43,46)/b23-10-/t36-,37+/m0/s1. The van der Waals surface area contributed by atoms with Crippen molar-refractivity contribution in [2.24, 2.45) is 17.5 Å². The lowest BCUT2D eigenvalue weighted by atomic mass is 9.80. The Kier molecular flexibility index (Phi) is 8.65. The van der Waals surface area contributed by atoms with Crippen molar-refractivity contribution < 1.29 is 33.0 Å². The van der Waals surface area contributed by atoms with Crippen LogP contribution in [0.3, 0.4) is 0 Å². The number of hydrogen-bond donors (Lipinski definition) is 4. The monoisotopic (exact) mass is 703 g/mol. The number of hydrogen-bond acceptors (Lipinski definition) is 8. The van der Waals surface area contributed by atoms with Crippen molar-refractivity contribution in [2.75, 3.05) is 13.2 Å². The minimum Gasteiger partial charge on any atom is -0.489 e. The molecule has 260 valence electrons. The number of nitrogens with one attached hydrogen (secondary N) is 1. The van der Waals surface area contributed by atoms with Crippen molar-refractivity contribution in [3.05, 3.63) is 117 Å². The van der Waals surface area contributed by atoms with E-state index in [4.69, 9.17) is 32.7 Å². The number of amides is 2. The van der Waals surface area contributed by atoms with Crippen LogP contribution >= 0.6 is 11.6 Å². The molecule has 0 radical (unpaired) electrons. The molecule has 6 N–H and O–H groups in total. The zero-order valence-electron chi connectivity index (χ0n) is 27.2. The van der Waals surface area contributed by atoms with Gasteiger partial charge in [-0.25, -0.2) is 24.6 Å². The molecule has 3 heterocycles. The van der Waals surface area contributed by atoms with Crippen molar-refractivity contribution in [2.45, 2.75) is 56.1 Å². The number of nitrogens with zero attached hydrogens (tertiary/aromatic N) is 2. The molecule has 2 aromatic carbocycles. The summed E-state index contributed by atoms with van der Waals surface area (Å²) in [7, 11) is 0. The summed E-state index contributed by atoms with van der Waals surface area (Å²) in [5, 5.41) is 16.5. The average Bonchev–Trinajstić information content (AvgIpc) is 4.05. The molecule has 10 nitrogen and oxygen atoms in total. The van der Waals surface area contributed by atoms with Gasteiger partial charge >= 0.3 is 0 Å². The summed E-state index contributed by atoms with van der Waals surface area (Å²) in [4.78, 5) is 31.3. The van der Waals surface area contributed by atoms with Gasteiger partial charge in [-0.3, -0.25) is 9.59 Å². The van der Waals surface area contributed by atoms with E-state index in [2.05, 4.69) is 10.3 Å². The van der Waals surface area contributed by atoms with E-state index < -0.39 is 41.0 Å². The SMILES string of the molecule is C[C@]1(C(N)=O)COc2c1cc([C@@](O)(CNC(=O)C1=C/C(=C/CC3CC3)N(N)C(OC3CC3)=C1)c1ccccc1)nc2-c1cc(Cl)c(F)cc1F. The topological polar surface area (TPSA) is 153 Å². The largest absolute Gasteiger partial charge is 0.489 e. The first-order valence-corrected chi connectivity index (χ1v) is 16.8. The highest BCUT2D eigenvalue weighted by molar-refractivity contribution is 6.31. The second kappa shape index (κ2) is 12.8. The molecular formula is C37H36ClF2N5O5. The highest BCUT2D eigenvalue weighted by atomic mass is 35.5. The van der Waals surface area contributed by atoms with Gasteiger partial charge in [0.15, 0.2) is 0 Å². The average molecular weight is 704 g/mol. The maximum Gasteiger partial charge on any atom is 0.251 e. The van der Waals surface area contributed by atoms with Crippen LogP contribution < -0.4 is 21.6 Å². The van der Waals surface area contributed by atoms with E-state index in [-0.39, 0.29) is 51.6 Å². The number of aliphatic hydroxyl groups is 1. The van der Waals surface area contributed by atoms with Crippen molar-refractivity contribution in [3.8, 4) is 17.0 Å². The van der Waals surface area contributed by atoms with Crippen LogP contribution in [-0.4, -0.2) is 46.2 Å². The molecule has 0 spiro atoms. The van der Waals surface area contributed by atoms with E-state index in [0.29, 0.717) is 29.1 Å². The van der Waals surface area contributed by atoms with E-state index in [1.165, 1.54) is 11.1 Å². The van der Waals surface area contributed by atoms with Crippen LogP contribution in [0.15, 0.2) is 83.9 Å². The number of pyridine rings is 1. The van der Waals surface area contributed by atoms with Gasteiger partial charge in [0.1, 0.15) is 46.8 Å². The third-order valence-electron chi connectivity index (χ3n) is 9.59. The molecule has 2 atom stereocenters. The van der Waals surface area contributed by atoms with Crippen LogP contribution in [0.5, 0.6) is 5.75 Å². The summed E-state index contributed by atoms with van der Waals surface area (Å²) >= 11 is 6.06. The summed E-state index contributed by atoms with van der Waals surface area (Å²) in [5.41, 5.74) is 3.44. The first-order valence-electron chi connectivity index (χ1n) is 16.4. The fourth-order valence-electron chi connectivity index (χ4n) is 6.03. The number of carbonyl (C=O) groups is 2. The van der Waals surface area contributed by atoms with Crippen LogP contribution in [0.4, 0.5) is 8.78 Å². The first kappa shape index (κ1) is 33.7. The second-order valence-corrected chi connectivity index (χ2v) is 13.9. The highest BCUT2D eigenvalue weighted by Crippen LogP contribution is 2.47. The lowest BCUT2D eigenvalue weighted by Crippen LogP contribution is -2.44. The number of rotatable bonds is 11. The van der Waals surface area contributed by atoms with Crippen molar-refractivity contribution >= 4 is 23.4 Å². The normalized spacial score (nSPS) is 21.9. The third kappa shape index (κ3) is 6.34. The zero-order valence-corrected chi connectivity index (χ0v) is 28.0. The summed E-state index contributed by atoms with van der Waals surface area (Å²) < 4.78 is 41.5. The van der Waals surface area contributed by atoms with Gasteiger partial charge in [0.05, 0.1) is 23.0 Å². The number of hydrazine groups is 1. The van der Waals surface area contributed by atoms with Crippen molar-refractivity contribution in [1.82, 2.24) is 15.3 Å². The van der Waals surface area contributed by atoms with Gasteiger partial charge in [-0.1, -0.05) is 48.0 Å². The third-order valence-corrected chi connectivity index (χ3v) is 9.88. The zero-order chi connectivity index (χ0) is 35.4. The molecule has 0 bridgehead atoms. The number of carbonyl (C=O) groups excluding carboxylic acids is 2. The molecule has 2 saturated carbocycles. The molecule has 2 aliphatic heterocycles. The maximum atomic E-state index is 15.4. The lowest BCUT2D eigenvalue weighted by molar-refractivity contribution is -0.123. The Morgan fingerprint density at radius 2 is 1.90 bits per heavy atom. The molecule has 3 aromatic rings. The van der Waals surface area contributed by atoms with Gasteiger partial charge in [-0.2, -0.15) is 0 Å². The highest BCUT2D eigenvalue weighted by Gasteiger charge is 2.46. The lowest BCUT2D eigenvalue weighted by Gasteiger charge is -2.31. The summed E-state index contributed by atoms with van der Waals surface area (Å²) in [6.07, 6.45) is 10.1. The Balaban J connectivity index is 1.30. The van der Waals surface area contributed by atoms with E-state index >= 15 is 4.39 Å². The van der Waals surface area contributed by atoms with Gasteiger partial charge in [0, 0.05) is 28.8 Å². The van der Waals surface area contributed by atoms with Crippen LogP contribution in [0.25, 0.3) is 11.3 Å². The number of primary amides is 1. The number of fused-ring (bicyclic) bond motifs is 1. The molecule has 1 aromatic heterocycles. The van der Waals surface area contributed by atoms with Crippen LogP contribution in [0.2, 0.25) is 5.02 Å². The number of benzene rings is 2. The van der Waals surface area contributed by atoms with Gasteiger partial charge in [-0.05, 0) is 68.7 Å². The molecule has 2 fully saturated rings. The number of aromatic nitrogens is 1. The van der Waals surface area contributed by atoms with Crippen molar-refractivity contribution in [3.63, 3.8) is 0 Å². The molecule has 0 saturated heterocycles. The van der Waals surface area contributed by atoms with Crippen molar-refractivity contribution in [1.29, 1.82) is 0 Å². The molecule has 4 aliphatic rings. The van der Waals surface area contributed by atoms with Crippen LogP contribution in [0.1, 0.15) is 55.8 Å². The van der Waals surface area contributed by atoms with Gasteiger partial charge in [-0.15, -0.1) is 0 Å². The molecule has 2 amide bonds. The second-order valence-electron chi connectivity index (χ2n) is 13.5.